The number of carbonyl (C=O) groups is 2. The van der Waals surface area contributed by atoms with Gasteiger partial charge in [0, 0.05) is 35.3 Å². The number of benzene rings is 1. The van der Waals surface area contributed by atoms with Gasteiger partial charge in [0.1, 0.15) is 16.5 Å². The highest BCUT2D eigenvalue weighted by Gasteiger charge is 2.46. The number of pyridine rings is 1. The molecule has 13 heteroatoms. The Hall–Kier alpha value is -3.94. The summed E-state index contributed by atoms with van der Waals surface area (Å²) in [6.07, 6.45) is -0.879. The van der Waals surface area contributed by atoms with E-state index in [1.165, 1.54) is 0 Å². The number of sulfonamides is 1. The molecule has 212 valence electrons. The van der Waals surface area contributed by atoms with Crippen LogP contribution < -0.4 is 14.4 Å². The summed E-state index contributed by atoms with van der Waals surface area (Å²) in [4.78, 5) is 39.0. The van der Waals surface area contributed by atoms with Gasteiger partial charge >= 0.3 is 6.09 Å². The van der Waals surface area contributed by atoms with Crippen LogP contribution in [0.15, 0.2) is 35.4 Å². The lowest BCUT2D eigenvalue weighted by atomic mass is 10.1. The normalized spacial score (nSPS) is 15.4. The molecule has 2 aromatic heterocycles. The number of aliphatic hydroxyl groups excluding tert-OH is 1. The largest absolute Gasteiger partial charge is 0.493 e. The zero-order chi connectivity index (χ0) is 29.2. The first-order valence-electron chi connectivity index (χ1n) is 12.6. The molecule has 1 unspecified atom stereocenters. The van der Waals surface area contributed by atoms with Crippen molar-refractivity contribution in [2.45, 2.75) is 58.6 Å². The van der Waals surface area contributed by atoms with Crippen LogP contribution in [-0.4, -0.2) is 53.6 Å². The highest BCUT2D eigenvalue weighted by atomic mass is 32.2. The van der Waals surface area contributed by atoms with Gasteiger partial charge in [0.25, 0.3) is 5.91 Å². The maximum atomic E-state index is 13.3. The Labute approximate surface area is 232 Å². The van der Waals surface area contributed by atoms with Gasteiger partial charge in [-0.1, -0.05) is 17.7 Å². The molecule has 3 heterocycles. The zero-order valence-corrected chi connectivity index (χ0v) is 23.7. The van der Waals surface area contributed by atoms with Crippen LogP contribution in [0.4, 0.5) is 10.6 Å². The minimum Gasteiger partial charge on any atom is -0.493 e. The van der Waals surface area contributed by atoms with E-state index in [0.717, 1.165) is 29.1 Å². The Bertz CT molecular complexity index is 1550. The van der Waals surface area contributed by atoms with E-state index in [9.17, 15) is 23.1 Å². The van der Waals surface area contributed by atoms with Crippen molar-refractivity contribution in [3.05, 3.63) is 69.9 Å². The van der Waals surface area contributed by atoms with Gasteiger partial charge in [0.15, 0.2) is 5.82 Å². The first-order valence-corrected chi connectivity index (χ1v) is 14.1. The molecular weight excluding hydrogens is 538 g/mol. The molecule has 0 aliphatic carbocycles. The second-order valence-electron chi connectivity index (χ2n) is 9.47. The predicted molar refractivity (Wildman–Crippen MR) is 144 cm³/mol. The van der Waals surface area contributed by atoms with Crippen LogP contribution in [0.25, 0.3) is 0 Å². The summed E-state index contributed by atoms with van der Waals surface area (Å²) >= 11 is 0. The van der Waals surface area contributed by atoms with E-state index in [1.54, 1.807) is 20.8 Å². The van der Waals surface area contributed by atoms with E-state index < -0.39 is 34.7 Å². The molecule has 12 nitrogen and oxygen atoms in total. The number of amides is 2. The van der Waals surface area contributed by atoms with E-state index in [1.807, 2.05) is 32.0 Å². The number of nitrogens with one attached hydrogen (secondary N) is 1. The van der Waals surface area contributed by atoms with Crippen molar-refractivity contribution in [2.24, 2.45) is 0 Å². The van der Waals surface area contributed by atoms with Gasteiger partial charge in [-0.2, -0.15) is 4.90 Å². The average Bonchev–Trinajstić information content (AvgIpc) is 3.16. The molecule has 1 saturated heterocycles. The highest BCUT2D eigenvalue weighted by molar-refractivity contribution is 7.89. The summed E-state index contributed by atoms with van der Waals surface area (Å²) < 4.78 is 39.3. The van der Waals surface area contributed by atoms with Crippen LogP contribution in [-0.2, 0) is 26.2 Å². The van der Waals surface area contributed by atoms with Crippen LogP contribution >= 0.6 is 0 Å². The number of aliphatic hydroxyl groups is 1. The van der Waals surface area contributed by atoms with Crippen molar-refractivity contribution in [2.75, 3.05) is 18.1 Å². The first kappa shape index (κ1) is 29.1. The molecule has 3 aromatic rings. The Morgan fingerprint density at radius 3 is 2.42 bits per heavy atom. The summed E-state index contributed by atoms with van der Waals surface area (Å²) in [6, 6.07) is 6.98. The second-order valence-corrected chi connectivity index (χ2v) is 11.2. The highest BCUT2D eigenvalue weighted by Crippen LogP contribution is 2.35. The lowest BCUT2D eigenvalue weighted by molar-refractivity contribution is -0.122. The van der Waals surface area contributed by atoms with Gasteiger partial charge in [-0.3, -0.25) is 4.79 Å². The van der Waals surface area contributed by atoms with E-state index >= 15 is 0 Å². The molecule has 0 bridgehead atoms. The number of rotatable bonds is 10. The number of hydrogen-bond donors (Lipinski definition) is 2. The van der Waals surface area contributed by atoms with Crippen molar-refractivity contribution in [1.82, 2.24) is 19.7 Å². The van der Waals surface area contributed by atoms with Crippen molar-refractivity contribution in [3.8, 4) is 5.75 Å². The third-order valence-electron chi connectivity index (χ3n) is 6.36. The molecule has 0 spiro atoms. The number of hydrogen-bond acceptors (Lipinski definition) is 10. The minimum absolute atomic E-state index is 0.0411. The Balaban J connectivity index is 1.46. The summed E-state index contributed by atoms with van der Waals surface area (Å²) in [5.74, 6) is 0.279. The molecule has 0 radical (unpaired) electrons. The predicted octanol–water partition coefficient (Wildman–Crippen LogP) is 2.88. The number of imide groups is 1. The topological polar surface area (TPSA) is 161 Å². The number of nitrogens with zero attached hydrogens (tertiary/aromatic N) is 4. The quantitative estimate of drug-likeness (QED) is 0.347. The van der Waals surface area contributed by atoms with Gasteiger partial charge in [0.2, 0.25) is 16.1 Å². The second kappa shape index (κ2) is 11.7. The molecule has 2 amide bonds. The third-order valence-corrected chi connectivity index (χ3v) is 7.79. The van der Waals surface area contributed by atoms with Crippen molar-refractivity contribution in [3.63, 3.8) is 0 Å². The minimum atomic E-state index is -4.00. The number of carbonyl (C=O) groups excluding carboxylic acids is 2. The SMILES string of the molecule is Cc1ccc(OCCCNS(=O)(=O)c2cnc(N3C(=O)OC(c4c(C)nc(C)nc4C)C3=O)c(CO)c2)c(C)c1. The van der Waals surface area contributed by atoms with Crippen LogP contribution in [0.1, 0.15) is 52.0 Å². The Morgan fingerprint density at radius 2 is 1.77 bits per heavy atom. The fourth-order valence-corrected chi connectivity index (χ4v) is 5.58. The summed E-state index contributed by atoms with van der Waals surface area (Å²) in [5, 5.41) is 9.96. The smallest absolute Gasteiger partial charge is 0.423 e. The van der Waals surface area contributed by atoms with E-state index in [2.05, 4.69) is 19.7 Å². The Kier molecular flexibility index (Phi) is 8.47. The molecule has 2 N–H and O–H groups in total. The summed E-state index contributed by atoms with van der Waals surface area (Å²) in [5.41, 5.74) is 3.41. The maximum absolute atomic E-state index is 13.3. The number of aryl methyl sites for hydroxylation is 5. The molecule has 4 rings (SSSR count). The fraction of sp³-hybridized carbons (Fsp3) is 0.370. The number of anilines is 1. The molecule has 1 aromatic carbocycles. The Morgan fingerprint density at radius 1 is 1.07 bits per heavy atom. The van der Waals surface area contributed by atoms with Gasteiger partial charge in [-0.15, -0.1) is 0 Å². The van der Waals surface area contributed by atoms with Gasteiger partial charge in [0.05, 0.1) is 13.2 Å². The lowest BCUT2D eigenvalue weighted by Gasteiger charge is -2.16. The number of ether oxygens (including phenoxy) is 2. The number of aromatic nitrogens is 3. The molecule has 1 fully saturated rings. The fourth-order valence-electron chi connectivity index (χ4n) is 4.51. The van der Waals surface area contributed by atoms with E-state index in [0.29, 0.717) is 40.7 Å². The summed E-state index contributed by atoms with van der Waals surface area (Å²) in [7, 11) is -4.00. The van der Waals surface area contributed by atoms with Gasteiger partial charge in [-0.05, 0) is 58.7 Å². The maximum Gasteiger partial charge on any atom is 0.423 e. The summed E-state index contributed by atoms with van der Waals surface area (Å²) in [6.45, 7) is 8.72. The lowest BCUT2D eigenvalue weighted by Crippen LogP contribution is -2.32. The van der Waals surface area contributed by atoms with Crippen molar-refractivity contribution >= 4 is 27.8 Å². The molecule has 1 aliphatic heterocycles. The van der Waals surface area contributed by atoms with Crippen molar-refractivity contribution < 1.29 is 32.6 Å². The first-order chi connectivity index (χ1) is 18.9. The molecule has 0 saturated carbocycles. The molecule has 1 atom stereocenters. The molecular formula is C27H31N5O7S. The monoisotopic (exact) mass is 569 g/mol. The van der Waals surface area contributed by atoms with Crippen LogP contribution in [0.5, 0.6) is 5.75 Å². The number of cyclic esters (lactones) is 1. The molecule has 1 aliphatic rings. The zero-order valence-electron chi connectivity index (χ0n) is 22.9. The van der Waals surface area contributed by atoms with E-state index in [4.69, 9.17) is 9.47 Å². The van der Waals surface area contributed by atoms with E-state index in [-0.39, 0.29) is 22.8 Å². The van der Waals surface area contributed by atoms with Crippen LogP contribution in [0, 0.1) is 34.6 Å². The van der Waals surface area contributed by atoms with Gasteiger partial charge in [-0.25, -0.2) is 32.9 Å². The average molecular weight is 570 g/mol. The molecule has 40 heavy (non-hydrogen) atoms. The van der Waals surface area contributed by atoms with Gasteiger partial charge < -0.3 is 14.6 Å². The van der Waals surface area contributed by atoms with Crippen molar-refractivity contribution in [1.29, 1.82) is 0 Å². The third kappa shape index (κ3) is 5.96. The van der Waals surface area contributed by atoms with Crippen LogP contribution in [0.3, 0.4) is 0 Å². The standard InChI is InChI=1S/C27H31N5O7S/c1-15-7-8-22(16(2)11-15)38-10-6-9-29-40(36,37)21-12-20(14-33)25(28-13-21)32-26(34)24(39-27(32)35)23-17(3)30-19(5)31-18(23)4/h7-8,11-13,24,29,33H,6,9-10,14H2,1-5H3. The van der Waals surface area contributed by atoms with Crippen LogP contribution in [0.2, 0.25) is 0 Å².